The van der Waals surface area contributed by atoms with Crippen molar-refractivity contribution in [1.82, 2.24) is 10.4 Å². The highest BCUT2D eigenvalue weighted by Gasteiger charge is 2.19. The van der Waals surface area contributed by atoms with Crippen molar-refractivity contribution in [2.45, 2.75) is 13.0 Å². The highest BCUT2D eigenvalue weighted by molar-refractivity contribution is 5.93. The van der Waals surface area contributed by atoms with Crippen LogP contribution in [0.5, 0.6) is 0 Å². The molecular formula is C11H13N3O3. The van der Waals surface area contributed by atoms with E-state index >= 15 is 0 Å². The largest absolute Gasteiger partial charge is 0.351 e. The van der Waals surface area contributed by atoms with Gasteiger partial charge in [0.25, 0.3) is 5.91 Å². The molecule has 0 radical (unpaired) electrons. The van der Waals surface area contributed by atoms with Crippen molar-refractivity contribution in [3.63, 3.8) is 0 Å². The summed E-state index contributed by atoms with van der Waals surface area (Å²) >= 11 is 0. The molecule has 6 nitrogen and oxygen atoms in total. The molecule has 0 bridgehead atoms. The van der Waals surface area contributed by atoms with Crippen LogP contribution in [0.15, 0.2) is 18.2 Å². The second-order valence-electron chi connectivity index (χ2n) is 3.93. The summed E-state index contributed by atoms with van der Waals surface area (Å²) in [7, 11) is 0. The Morgan fingerprint density at radius 1 is 1.35 bits per heavy atom. The maximum Gasteiger partial charge on any atom is 0.315 e. The maximum atomic E-state index is 11.2. The minimum Gasteiger partial charge on any atom is -0.351 e. The van der Waals surface area contributed by atoms with E-state index in [1.54, 1.807) is 28.6 Å². The van der Waals surface area contributed by atoms with Gasteiger partial charge < -0.3 is 10.6 Å². The van der Waals surface area contributed by atoms with Gasteiger partial charge in [-0.05, 0) is 29.7 Å². The maximum absolute atomic E-state index is 11.2. The van der Waals surface area contributed by atoms with Crippen LogP contribution in [0.25, 0.3) is 0 Å². The second-order valence-corrected chi connectivity index (χ2v) is 3.93. The molecule has 1 aliphatic heterocycles. The van der Waals surface area contributed by atoms with Crippen LogP contribution >= 0.6 is 0 Å². The lowest BCUT2D eigenvalue weighted by molar-refractivity contribution is 0.0706. The summed E-state index contributed by atoms with van der Waals surface area (Å²) in [5.41, 5.74) is 9.19. The number of carbonyl (C=O) groups excluding carboxylic acids is 2. The molecule has 0 spiro atoms. The molecule has 1 heterocycles. The Morgan fingerprint density at radius 3 is 2.76 bits per heavy atom. The Kier molecular flexibility index (Phi) is 2.97. The fourth-order valence-electron chi connectivity index (χ4n) is 1.95. The predicted octanol–water partition coefficient (Wildman–Crippen LogP) is 0.242. The fraction of sp³-hybridized carbons (Fsp3) is 0.273. The number of primary amides is 1. The van der Waals surface area contributed by atoms with Gasteiger partial charge in [0.05, 0.1) is 0 Å². The van der Waals surface area contributed by atoms with E-state index < -0.39 is 11.9 Å². The number of fused-ring (bicyclic) bond motifs is 1. The highest BCUT2D eigenvalue weighted by Crippen LogP contribution is 2.20. The van der Waals surface area contributed by atoms with E-state index in [-0.39, 0.29) is 0 Å². The molecule has 0 atom stereocenters. The van der Waals surface area contributed by atoms with Gasteiger partial charge in [0.2, 0.25) is 0 Å². The number of carbonyl (C=O) groups is 2. The Balaban J connectivity index is 2.25. The summed E-state index contributed by atoms with van der Waals surface area (Å²) in [5, 5.41) is 8.54. The van der Waals surface area contributed by atoms with E-state index in [1.807, 2.05) is 0 Å². The van der Waals surface area contributed by atoms with Gasteiger partial charge in [-0.1, -0.05) is 6.07 Å². The number of nitrogens with one attached hydrogen (secondary N) is 1. The minimum absolute atomic E-state index is 0.402. The zero-order valence-electron chi connectivity index (χ0n) is 9.14. The van der Waals surface area contributed by atoms with Crippen molar-refractivity contribution in [3.05, 3.63) is 34.9 Å². The minimum atomic E-state index is -0.537. The number of hydroxylamine groups is 1. The van der Waals surface area contributed by atoms with Gasteiger partial charge in [-0.3, -0.25) is 10.0 Å². The number of benzene rings is 1. The molecule has 1 aromatic rings. The number of amides is 3. The molecule has 1 aromatic carbocycles. The van der Waals surface area contributed by atoms with Gasteiger partial charge in [-0.2, -0.15) is 0 Å². The first-order valence-electron chi connectivity index (χ1n) is 5.22. The molecule has 2 rings (SSSR count). The first-order chi connectivity index (χ1) is 8.11. The summed E-state index contributed by atoms with van der Waals surface area (Å²) in [6.07, 6.45) is 0.658. The van der Waals surface area contributed by atoms with Crippen LogP contribution in [0.2, 0.25) is 0 Å². The van der Waals surface area contributed by atoms with Gasteiger partial charge in [0.15, 0.2) is 0 Å². The van der Waals surface area contributed by atoms with Gasteiger partial charge in [-0.15, -0.1) is 0 Å². The van der Waals surface area contributed by atoms with Crippen LogP contribution in [0.3, 0.4) is 0 Å². The Labute approximate surface area is 98.0 Å². The zero-order chi connectivity index (χ0) is 12.4. The van der Waals surface area contributed by atoms with Crippen molar-refractivity contribution in [1.29, 1.82) is 0 Å². The highest BCUT2D eigenvalue weighted by atomic mass is 16.5. The first kappa shape index (κ1) is 11.4. The fourth-order valence-corrected chi connectivity index (χ4v) is 1.95. The first-order valence-corrected chi connectivity index (χ1v) is 5.22. The van der Waals surface area contributed by atoms with Crippen molar-refractivity contribution in [3.8, 4) is 0 Å². The Hall–Kier alpha value is -2.08. The zero-order valence-corrected chi connectivity index (χ0v) is 9.14. The third-order valence-corrected chi connectivity index (χ3v) is 2.89. The van der Waals surface area contributed by atoms with Gasteiger partial charge in [0, 0.05) is 18.7 Å². The van der Waals surface area contributed by atoms with Crippen LogP contribution in [0.4, 0.5) is 4.79 Å². The van der Waals surface area contributed by atoms with Crippen LogP contribution in [0.1, 0.15) is 21.5 Å². The molecular weight excluding hydrogens is 222 g/mol. The number of urea groups is 1. The third-order valence-electron chi connectivity index (χ3n) is 2.89. The number of nitrogens with zero attached hydrogens (tertiary/aromatic N) is 1. The van der Waals surface area contributed by atoms with Gasteiger partial charge in [0.1, 0.15) is 0 Å². The summed E-state index contributed by atoms with van der Waals surface area (Å²) < 4.78 is 0. The van der Waals surface area contributed by atoms with Crippen molar-refractivity contribution in [2.75, 3.05) is 6.54 Å². The summed E-state index contributed by atoms with van der Waals surface area (Å²) in [4.78, 5) is 23.8. The lowest BCUT2D eigenvalue weighted by Gasteiger charge is -2.27. The lowest BCUT2D eigenvalue weighted by atomic mass is 9.97. The molecule has 17 heavy (non-hydrogen) atoms. The smallest absolute Gasteiger partial charge is 0.315 e. The number of hydrogen-bond acceptors (Lipinski definition) is 3. The van der Waals surface area contributed by atoms with E-state index in [2.05, 4.69) is 0 Å². The normalized spacial score (nSPS) is 14.1. The molecule has 3 amide bonds. The third kappa shape index (κ3) is 2.21. The van der Waals surface area contributed by atoms with Crippen LogP contribution in [-0.2, 0) is 13.0 Å². The quantitative estimate of drug-likeness (QED) is 0.480. The van der Waals surface area contributed by atoms with E-state index in [0.29, 0.717) is 25.1 Å². The van der Waals surface area contributed by atoms with E-state index in [1.165, 1.54) is 0 Å². The second kappa shape index (κ2) is 4.42. The average Bonchev–Trinajstić information content (AvgIpc) is 2.36. The summed E-state index contributed by atoms with van der Waals surface area (Å²) in [6, 6.07) is 4.66. The van der Waals surface area contributed by atoms with Crippen molar-refractivity contribution in [2.24, 2.45) is 5.73 Å². The van der Waals surface area contributed by atoms with E-state index in [0.717, 1.165) is 11.1 Å². The molecule has 0 unspecified atom stereocenters. The van der Waals surface area contributed by atoms with Crippen molar-refractivity contribution >= 4 is 11.9 Å². The van der Waals surface area contributed by atoms with Gasteiger partial charge >= 0.3 is 6.03 Å². The Morgan fingerprint density at radius 2 is 2.12 bits per heavy atom. The van der Waals surface area contributed by atoms with Crippen LogP contribution in [-0.4, -0.2) is 28.6 Å². The molecule has 6 heteroatoms. The molecule has 0 aliphatic carbocycles. The van der Waals surface area contributed by atoms with Gasteiger partial charge in [-0.25, -0.2) is 10.3 Å². The molecule has 90 valence electrons. The number of hydrogen-bond donors (Lipinski definition) is 3. The van der Waals surface area contributed by atoms with Crippen LogP contribution in [0, 0.1) is 0 Å². The Bertz CT molecular complexity index is 473. The monoisotopic (exact) mass is 235 g/mol. The molecule has 0 fully saturated rings. The standard InChI is InChI=1S/C11H13N3O3/c12-11(16)14-4-3-7-5-8(10(15)13-17)1-2-9(7)6-14/h1-2,5,17H,3-4,6H2,(H2,12,16)(H,13,15). The SMILES string of the molecule is NC(=O)N1CCc2cc(C(=O)NO)ccc2C1. The van der Waals surface area contributed by atoms with E-state index in [4.69, 9.17) is 10.9 Å². The molecule has 1 aliphatic rings. The predicted molar refractivity (Wildman–Crippen MR) is 59.4 cm³/mol. The molecule has 0 aromatic heterocycles. The van der Waals surface area contributed by atoms with E-state index in [9.17, 15) is 9.59 Å². The summed E-state index contributed by atoms with van der Waals surface area (Å²) in [6.45, 7) is 1.01. The van der Waals surface area contributed by atoms with Crippen molar-refractivity contribution < 1.29 is 14.8 Å². The molecule has 0 saturated heterocycles. The number of nitrogens with two attached hydrogens (primary N) is 1. The lowest BCUT2D eigenvalue weighted by Crippen LogP contribution is -2.39. The molecule has 4 N–H and O–H groups in total. The molecule has 0 saturated carbocycles. The average molecular weight is 235 g/mol. The number of rotatable bonds is 1. The summed E-state index contributed by atoms with van der Waals surface area (Å²) in [5.74, 6) is -0.537. The van der Waals surface area contributed by atoms with Crippen LogP contribution < -0.4 is 11.2 Å². The topological polar surface area (TPSA) is 95.7 Å².